The lowest BCUT2D eigenvalue weighted by Crippen LogP contribution is -2.13. The molecule has 0 saturated carbocycles. The molecule has 3 N–H and O–H groups in total. The number of carboxylic acid groups (broad SMARTS) is 1. The van der Waals surface area contributed by atoms with Crippen LogP contribution in [0.25, 0.3) is 0 Å². The number of ether oxygens (including phenoxy) is 2. The highest BCUT2D eigenvalue weighted by Crippen LogP contribution is 2.21. The van der Waals surface area contributed by atoms with Gasteiger partial charge in [0, 0.05) is 5.56 Å². The zero-order chi connectivity index (χ0) is 25.5. The van der Waals surface area contributed by atoms with Crippen LogP contribution in [0.4, 0.5) is 26.3 Å². The van der Waals surface area contributed by atoms with Crippen LogP contribution in [0.1, 0.15) is 33.6 Å². The maximum Gasteiger partial charge on any atom is 0.392 e. The largest absolute Gasteiger partial charge is 0.493 e. The van der Waals surface area contributed by atoms with Crippen molar-refractivity contribution in [3.05, 3.63) is 59.7 Å². The highest BCUT2D eigenvalue weighted by molar-refractivity contribution is 5.87. The first-order valence-corrected chi connectivity index (χ1v) is 8.87. The number of benzene rings is 2. The summed E-state index contributed by atoms with van der Waals surface area (Å²) >= 11 is 0. The van der Waals surface area contributed by atoms with Gasteiger partial charge in [-0.3, -0.25) is 15.3 Å². The van der Waals surface area contributed by atoms with E-state index in [0.29, 0.717) is 17.6 Å². The van der Waals surface area contributed by atoms with Crippen molar-refractivity contribution in [3.63, 3.8) is 0 Å². The molecule has 33 heavy (non-hydrogen) atoms. The maximum absolute atomic E-state index is 11.8. The first kappa shape index (κ1) is 29.7. The molecule has 2 rings (SSSR count). The number of hydrogen-bond donors (Lipinski definition) is 3. The Bertz CT molecular complexity index is 819. The van der Waals surface area contributed by atoms with Crippen LogP contribution in [-0.2, 0) is 0 Å². The van der Waals surface area contributed by atoms with Crippen molar-refractivity contribution in [1.29, 1.82) is 0 Å². The van der Waals surface area contributed by atoms with E-state index in [2.05, 4.69) is 0 Å². The Morgan fingerprint density at radius 1 is 0.758 bits per heavy atom. The summed E-state index contributed by atoms with van der Waals surface area (Å²) in [5.41, 5.74) is 0.515. The number of aromatic carboxylic acids is 1. The molecular formula is C20H20F6O7. The molecule has 2 aromatic carbocycles. The van der Waals surface area contributed by atoms with Gasteiger partial charge in [-0.2, -0.15) is 26.3 Å². The summed E-state index contributed by atoms with van der Waals surface area (Å²) in [6.45, 7) is -0.889. The van der Waals surface area contributed by atoms with Crippen LogP contribution < -0.4 is 9.47 Å². The standard InChI is InChI=1S/C10H9F3O3.C10H9F3O2.H2O2/c11-10(12,13)5-6-16-8-3-1-7(2-4-8)9(14)15;11-10(12,13)5-6-15-9-3-1-8(7-14)2-4-9;1-2/h1-4H,5-6H2,(H,14,15);1-4,7H,5-6H2;1-2H. The van der Waals surface area contributed by atoms with E-state index in [1.54, 1.807) is 0 Å². The van der Waals surface area contributed by atoms with E-state index in [9.17, 15) is 35.9 Å². The van der Waals surface area contributed by atoms with Gasteiger partial charge in [0.25, 0.3) is 0 Å². The van der Waals surface area contributed by atoms with Crippen molar-refractivity contribution in [2.45, 2.75) is 25.2 Å². The second kappa shape index (κ2) is 14.7. The van der Waals surface area contributed by atoms with Gasteiger partial charge in [0.15, 0.2) is 0 Å². The highest BCUT2D eigenvalue weighted by Gasteiger charge is 2.27. The van der Waals surface area contributed by atoms with E-state index in [1.807, 2.05) is 0 Å². The summed E-state index contributed by atoms with van der Waals surface area (Å²) in [6, 6.07) is 11.1. The SMILES string of the molecule is O=C(O)c1ccc(OCCC(F)(F)F)cc1.O=Cc1ccc(OCCC(F)(F)F)cc1.OO. The molecule has 2 aromatic rings. The number of alkyl halides is 6. The lowest BCUT2D eigenvalue weighted by molar-refractivity contribution is -0.176. The summed E-state index contributed by atoms with van der Waals surface area (Å²) in [7, 11) is 0. The van der Waals surface area contributed by atoms with Gasteiger partial charge in [0.05, 0.1) is 31.6 Å². The molecule has 0 aliphatic carbocycles. The summed E-state index contributed by atoms with van der Waals surface area (Å²) in [5.74, 6) is -0.555. The third-order valence-electron chi connectivity index (χ3n) is 3.43. The van der Waals surface area contributed by atoms with Gasteiger partial charge in [-0.15, -0.1) is 0 Å². The van der Waals surface area contributed by atoms with Gasteiger partial charge in [-0.1, -0.05) is 0 Å². The molecule has 184 valence electrons. The number of hydrogen-bond acceptors (Lipinski definition) is 6. The van der Waals surface area contributed by atoms with Crippen molar-refractivity contribution < 1.29 is 61.0 Å². The lowest BCUT2D eigenvalue weighted by atomic mass is 10.2. The Hall–Kier alpha value is -3.32. The predicted octanol–water partition coefficient (Wildman–Crippen LogP) is 5.56. The van der Waals surface area contributed by atoms with Crippen molar-refractivity contribution >= 4 is 12.3 Å². The van der Waals surface area contributed by atoms with Crippen molar-refractivity contribution in [3.8, 4) is 11.5 Å². The molecule has 0 aromatic heterocycles. The van der Waals surface area contributed by atoms with E-state index < -0.39 is 44.4 Å². The van der Waals surface area contributed by atoms with Crippen LogP contribution in [0.5, 0.6) is 11.5 Å². The number of carbonyl (C=O) groups is 2. The minimum absolute atomic E-state index is 0.0585. The molecule has 0 fully saturated rings. The van der Waals surface area contributed by atoms with Crippen LogP contribution in [0.2, 0.25) is 0 Å². The third kappa shape index (κ3) is 15.2. The lowest BCUT2D eigenvalue weighted by Gasteiger charge is -2.08. The molecule has 13 heteroatoms. The molecule has 0 aliphatic rings. The third-order valence-corrected chi connectivity index (χ3v) is 3.43. The van der Waals surface area contributed by atoms with Crippen LogP contribution in [0, 0.1) is 0 Å². The fourth-order valence-electron chi connectivity index (χ4n) is 1.91. The second-order valence-corrected chi connectivity index (χ2v) is 5.94. The van der Waals surface area contributed by atoms with E-state index in [4.69, 9.17) is 25.1 Å². The summed E-state index contributed by atoms with van der Waals surface area (Å²) in [5, 5.41) is 20.6. The number of aldehydes is 1. The van der Waals surface area contributed by atoms with E-state index in [1.165, 1.54) is 48.5 Å². The Morgan fingerprint density at radius 3 is 1.42 bits per heavy atom. The molecule has 0 atom stereocenters. The Labute approximate surface area is 183 Å². The van der Waals surface area contributed by atoms with E-state index >= 15 is 0 Å². The summed E-state index contributed by atoms with van der Waals surface area (Å²) in [6.07, 6.45) is -9.82. The smallest absolute Gasteiger partial charge is 0.392 e. The minimum Gasteiger partial charge on any atom is -0.493 e. The van der Waals surface area contributed by atoms with Crippen LogP contribution >= 0.6 is 0 Å². The summed E-state index contributed by atoms with van der Waals surface area (Å²) < 4.78 is 80.2. The molecule has 0 saturated heterocycles. The topological polar surface area (TPSA) is 113 Å². The number of carbonyl (C=O) groups excluding carboxylic acids is 1. The maximum atomic E-state index is 11.8. The van der Waals surface area contributed by atoms with Crippen molar-refractivity contribution in [1.82, 2.24) is 0 Å². The Balaban J connectivity index is 0.000000578. The average Bonchev–Trinajstić information content (AvgIpc) is 2.75. The monoisotopic (exact) mass is 486 g/mol. The van der Waals surface area contributed by atoms with Crippen LogP contribution in [-0.4, -0.2) is 53.4 Å². The highest BCUT2D eigenvalue weighted by atomic mass is 19.4. The Kier molecular flexibility index (Phi) is 13.2. The summed E-state index contributed by atoms with van der Waals surface area (Å²) in [4.78, 5) is 20.7. The normalized spacial score (nSPS) is 10.7. The molecule has 0 unspecified atom stereocenters. The van der Waals surface area contributed by atoms with Crippen LogP contribution in [0.15, 0.2) is 48.5 Å². The van der Waals surface area contributed by atoms with Crippen molar-refractivity contribution in [2.75, 3.05) is 13.2 Å². The first-order valence-electron chi connectivity index (χ1n) is 8.87. The molecular weight excluding hydrogens is 466 g/mol. The van der Waals surface area contributed by atoms with Gasteiger partial charge in [-0.05, 0) is 48.5 Å². The van der Waals surface area contributed by atoms with Gasteiger partial charge in [0.1, 0.15) is 17.8 Å². The zero-order valence-corrected chi connectivity index (χ0v) is 16.8. The van der Waals surface area contributed by atoms with Crippen molar-refractivity contribution in [2.24, 2.45) is 0 Å². The van der Waals surface area contributed by atoms with Gasteiger partial charge < -0.3 is 14.6 Å². The zero-order valence-electron chi connectivity index (χ0n) is 16.8. The predicted molar refractivity (Wildman–Crippen MR) is 103 cm³/mol. The fourth-order valence-corrected chi connectivity index (χ4v) is 1.91. The van der Waals surface area contributed by atoms with Crippen LogP contribution in [0.3, 0.4) is 0 Å². The molecule has 0 radical (unpaired) electrons. The van der Waals surface area contributed by atoms with Gasteiger partial charge >= 0.3 is 18.3 Å². The van der Waals surface area contributed by atoms with E-state index in [-0.39, 0.29) is 11.3 Å². The second-order valence-electron chi connectivity index (χ2n) is 5.94. The fraction of sp³-hybridized carbons (Fsp3) is 0.300. The minimum atomic E-state index is -4.25. The molecule has 7 nitrogen and oxygen atoms in total. The molecule has 0 amide bonds. The molecule has 0 aliphatic heterocycles. The Morgan fingerprint density at radius 2 is 1.12 bits per heavy atom. The molecule has 0 spiro atoms. The van der Waals surface area contributed by atoms with E-state index in [0.717, 1.165) is 0 Å². The number of carboxylic acids is 1. The molecule has 0 heterocycles. The molecule has 0 bridgehead atoms. The average molecular weight is 486 g/mol. The number of halogens is 6. The van der Waals surface area contributed by atoms with Gasteiger partial charge in [0.2, 0.25) is 0 Å². The quantitative estimate of drug-likeness (QED) is 0.194. The van der Waals surface area contributed by atoms with Gasteiger partial charge in [-0.25, -0.2) is 4.79 Å². The number of rotatable bonds is 8. The first-order chi connectivity index (χ1) is 15.4.